The summed E-state index contributed by atoms with van der Waals surface area (Å²) in [6.07, 6.45) is 3.85. The quantitative estimate of drug-likeness (QED) is 0.795. The van der Waals surface area contributed by atoms with Gasteiger partial charge in [-0.1, -0.05) is 18.2 Å². The highest BCUT2D eigenvalue weighted by Gasteiger charge is 2.05. The molecule has 15 heavy (non-hydrogen) atoms. The first-order chi connectivity index (χ1) is 7.43. The normalized spacial score (nSPS) is 15.1. The molecule has 2 aromatic rings. The molecule has 1 aliphatic rings. The molecule has 0 aliphatic carbocycles. The van der Waals surface area contributed by atoms with E-state index in [1.54, 1.807) is 0 Å². The fourth-order valence-corrected chi connectivity index (χ4v) is 1.76. The van der Waals surface area contributed by atoms with Crippen molar-refractivity contribution in [3.8, 4) is 0 Å². The van der Waals surface area contributed by atoms with Gasteiger partial charge in [0, 0.05) is 11.6 Å². The lowest BCUT2D eigenvalue weighted by atomic mass is 10.3. The highest BCUT2D eigenvalue weighted by molar-refractivity contribution is 5.80. The van der Waals surface area contributed by atoms with Crippen LogP contribution in [0.25, 0.3) is 10.9 Å². The Hall–Kier alpha value is -1.97. The summed E-state index contributed by atoms with van der Waals surface area (Å²) in [4.78, 5) is 4.15. The molecule has 0 atom stereocenters. The van der Waals surface area contributed by atoms with Crippen molar-refractivity contribution < 1.29 is 0 Å². The molecule has 0 radical (unpaired) electrons. The van der Waals surface area contributed by atoms with Crippen molar-refractivity contribution >= 4 is 17.2 Å². The third kappa shape index (κ3) is 1.44. The molecule has 4 nitrogen and oxygen atoms in total. The summed E-state index contributed by atoms with van der Waals surface area (Å²) in [5.41, 5.74) is 4.44. The average molecular weight is 200 g/mol. The molecule has 1 aliphatic heterocycles. The Morgan fingerprint density at radius 3 is 3.00 bits per heavy atom. The first kappa shape index (κ1) is 8.35. The monoisotopic (exact) mass is 200 g/mol. The van der Waals surface area contributed by atoms with E-state index < -0.39 is 0 Å². The van der Waals surface area contributed by atoms with E-state index in [9.17, 15) is 0 Å². The van der Waals surface area contributed by atoms with E-state index in [1.807, 2.05) is 34.4 Å². The van der Waals surface area contributed by atoms with Gasteiger partial charge in [0.25, 0.3) is 0 Å². The Morgan fingerprint density at radius 1 is 1.20 bits per heavy atom. The second kappa shape index (κ2) is 3.31. The smallest absolute Gasteiger partial charge is 0.105 e. The molecule has 0 spiro atoms. The number of aliphatic imine (C=N–C) groups is 1. The number of hydrogen-bond acceptors (Lipinski definition) is 3. The fraction of sp³-hybridized carbons (Fsp3) is 0.182. The van der Waals surface area contributed by atoms with E-state index in [-0.39, 0.29) is 0 Å². The summed E-state index contributed by atoms with van der Waals surface area (Å²) in [6.45, 7) is 1.79. The maximum atomic E-state index is 4.15. The number of nitrogens with one attached hydrogen (secondary N) is 1. The van der Waals surface area contributed by atoms with Crippen molar-refractivity contribution in [2.24, 2.45) is 4.99 Å². The lowest BCUT2D eigenvalue weighted by Gasteiger charge is -2.18. The minimum Gasteiger partial charge on any atom is -0.272 e. The molecule has 0 fully saturated rings. The molecule has 1 aromatic carbocycles. The van der Waals surface area contributed by atoms with E-state index in [2.05, 4.69) is 28.7 Å². The molecule has 0 saturated carbocycles. The molecule has 2 heterocycles. The number of benzene rings is 1. The predicted octanol–water partition coefficient (Wildman–Crippen LogP) is 1.44. The highest BCUT2D eigenvalue weighted by atomic mass is 15.7. The zero-order chi connectivity index (χ0) is 10.1. The Kier molecular flexibility index (Phi) is 1.84. The zero-order valence-electron chi connectivity index (χ0n) is 8.30. The number of nitrogens with zero attached hydrogens (tertiary/aromatic N) is 3. The number of fused-ring (bicyclic) bond motifs is 1. The SMILES string of the molecule is C1=NCCN1Nn1ccc2ccccc21. The lowest BCUT2D eigenvalue weighted by Crippen LogP contribution is -2.33. The zero-order valence-corrected chi connectivity index (χ0v) is 8.30. The van der Waals surface area contributed by atoms with Crippen LogP contribution in [0.3, 0.4) is 0 Å². The van der Waals surface area contributed by atoms with E-state index in [0.717, 1.165) is 13.1 Å². The molecule has 1 aromatic heterocycles. The van der Waals surface area contributed by atoms with Crippen molar-refractivity contribution in [3.63, 3.8) is 0 Å². The topological polar surface area (TPSA) is 32.6 Å². The van der Waals surface area contributed by atoms with Gasteiger partial charge in [0.1, 0.15) is 6.34 Å². The largest absolute Gasteiger partial charge is 0.272 e. The molecule has 0 amide bonds. The molecule has 1 N–H and O–H groups in total. The lowest BCUT2D eigenvalue weighted by molar-refractivity contribution is 0.487. The van der Waals surface area contributed by atoms with Crippen molar-refractivity contribution in [2.75, 3.05) is 18.6 Å². The van der Waals surface area contributed by atoms with Crippen LogP contribution in [0.2, 0.25) is 0 Å². The van der Waals surface area contributed by atoms with Gasteiger partial charge < -0.3 is 0 Å². The summed E-state index contributed by atoms with van der Waals surface area (Å²) in [6, 6.07) is 10.4. The summed E-state index contributed by atoms with van der Waals surface area (Å²) in [5.74, 6) is 0. The van der Waals surface area contributed by atoms with Gasteiger partial charge in [0.05, 0.1) is 18.6 Å². The van der Waals surface area contributed by atoms with Gasteiger partial charge in [0.2, 0.25) is 0 Å². The number of hydrogen-bond donors (Lipinski definition) is 1. The minimum absolute atomic E-state index is 0.867. The molecule has 0 saturated heterocycles. The molecule has 3 rings (SSSR count). The van der Waals surface area contributed by atoms with E-state index >= 15 is 0 Å². The van der Waals surface area contributed by atoms with Gasteiger partial charge in [-0.15, -0.1) is 0 Å². The Bertz CT molecular complexity index is 500. The van der Waals surface area contributed by atoms with Crippen LogP contribution in [0, 0.1) is 0 Å². The third-order valence-electron chi connectivity index (χ3n) is 2.53. The number of para-hydroxylation sites is 1. The Labute approximate surface area is 87.8 Å². The maximum Gasteiger partial charge on any atom is 0.105 e. The average Bonchev–Trinajstić information content (AvgIpc) is 2.89. The van der Waals surface area contributed by atoms with E-state index in [4.69, 9.17) is 0 Å². The third-order valence-corrected chi connectivity index (χ3v) is 2.53. The molecular formula is C11H12N4. The van der Waals surface area contributed by atoms with Gasteiger partial charge in [-0.05, 0) is 12.1 Å². The van der Waals surface area contributed by atoms with Crippen molar-refractivity contribution in [3.05, 3.63) is 36.5 Å². The summed E-state index contributed by atoms with van der Waals surface area (Å²) in [5, 5.41) is 3.22. The van der Waals surface area contributed by atoms with Crippen LogP contribution in [-0.4, -0.2) is 29.1 Å². The fourth-order valence-electron chi connectivity index (χ4n) is 1.76. The van der Waals surface area contributed by atoms with Crippen LogP contribution in [0.4, 0.5) is 0 Å². The number of rotatable bonds is 2. The second-order valence-electron chi connectivity index (χ2n) is 3.56. The number of aromatic nitrogens is 1. The highest BCUT2D eigenvalue weighted by Crippen LogP contribution is 2.13. The summed E-state index contributed by atoms with van der Waals surface area (Å²) >= 11 is 0. The predicted molar refractivity (Wildman–Crippen MR) is 61.4 cm³/mol. The molecule has 0 unspecified atom stereocenters. The van der Waals surface area contributed by atoms with Crippen LogP contribution in [0.15, 0.2) is 41.5 Å². The van der Waals surface area contributed by atoms with Gasteiger partial charge in [0.15, 0.2) is 0 Å². The van der Waals surface area contributed by atoms with E-state index in [1.165, 1.54) is 10.9 Å². The number of hydrazine groups is 1. The van der Waals surface area contributed by atoms with Crippen molar-refractivity contribution in [2.45, 2.75) is 0 Å². The van der Waals surface area contributed by atoms with Gasteiger partial charge >= 0.3 is 0 Å². The van der Waals surface area contributed by atoms with Gasteiger partial charge in [-0.25, -0.2) is 10.2 Å². The molecule has 0 bridgehead atoms. The van der Waals surface area contributed by atoms with Crippen LogP contribution in [-0.2, 0) is 0 Å². The molecule has 4 heteroatoms. The standard InChI is InChI=1S/C11H12N4/c1-2-4-11-10(3-1)5-7-15(11)13-14-8-6-12-9-14/h1-5,7,9,13H,6,8H2. The second-order valence-corrected chi connectivity index (χ2v) is 3.56. The van der Waals surface area contributed by atoms with Crippen LogP contribution < -0.4 is 5.53 Å². The van der Waals surface area contributed by atoms with E-state index in [0.29, 0.717) is 0 Å². The van der Waals surface area contributed by atoms with Crippen LogP contribution >= 0.6 is 0 Å². The first-order valence-electron chi connectivity index (χ1n) is 5.03. The van der Waals surface area contributed by atoms with Crippen LogP contribution in [0.1, 0.15) is 0 Å². The van der Waals surface area contributed by atoms with Gasteiger partial charge in [-0.2, -0.15) is 0 Å². The Morgan fingerprint density at radius 2 is 2.13 bits per heavy atom. The maximum absolute atomic E-state index is 4.15. The van der Waals surface area contributed by atoms with Crippen LogP contribution in [0.5, 0.6) is 0 Å². The Balaban J connectivity index is 1.93. The van der Waals surface area contributed by atoms with Crippen molar-refractivity contribution in [1.29, 1.82) is 0 Å². The molecule has 76 valence electrons. The summed E-state index contributed by atoms with van der Waals surface area (Å²) < 4.78 is 2.01. The first-order valence-corrected chi connectivity index (χ1v) is 5.03. The van der Waals surface area contributed by atoms with Gasteiger partial charge in [-0.3, -0.25) is 10.0 Å². The molecular weight excluding hydrogens is 188 g/mol. The van der Waals surface area contributed by atoms with Crippen molar-refractivity contribution in [1.82, 2.24) is 9.69 Å². The summed E-state index contributed by atoms with van der Waals surface area (Å²) in [7, 11) is 0. The minimum atomic E-state index is 0.867.